The van der Waals surface area contributed by atoms with Crippen LogP contribution in [0.2, 0.25) is 0 Å². The Hall–Kier alpha value is -2.93. The summed E-state index contributed by atoms with van der Waals surface area (Å²) in [4.78, 5) is 22.9. The normalized spacial score (nSPS) is 12.6. The first kappa shape index (κ1) is 15.0. The summed E-state index contributed by atoms with van der Waals surface area (Å²) in [6.07, 6.45) is 0. The molecule has 1 N–H and O–H groups in total. The van der Waals surface area contributed by atoms with Gasteiger partial charge in [-0.25, -0.2) is 0 Å². The Balaban J connectivity index is 1.87. The van der Waals surface area contributed by atoms with Crippen LogP contribution < -0.4 is 10.1 Å². The summed E-state index contributed by atoms with van der Waals surface area (Å²) in [6, 6.07) is 9.53. The number of carbonyl (C=O) groups excluding carboxylic acids is 1. The Morgan fingerprint density at radius 3 is 2.74 bits per heavy atom. The number of nitrogens with zero attached hydrogens (tertiary/aromatic N) is 1. The highest BCUT2D eigenvalue weighted by molar-refractivity contribution is 6.05. The number of nitrogens with one attached hydrogen (secondary N) is 1. The van der Waals surface area contributed by atoms with Crippen LogP contribution in [-0.4, -0.2) is 17.9 Å². The maximum Gasteiger partial charge on any atom is 0.296 e. The summed E-state index contributed by atoms with van der Waals surface area (Å²) in [6.45, 7) is 1.01. The summed E-state index contributed by atoms with van der Waals surface area (Å²) in [5.74, 6) is -0.0580. The van der Waals surface area contributed by atoms with Crippen LogP contribution in [0.25, 0.3) is 0 Å². The van der Waals surface area contributed by atoms with Gasteiger partial charge in [-0.15, -0.1) is 0 Å². The fraction of sp³-hybridized carbons (Fsp3) is 0.188. The van der Waals surface area contributed by atoms with Gasteiger partial charge in [0, 0.05) is 5.56 Å². The molecular formula is C16H14N2O5. The van der Waals surface area contributed by atoms with Crippen LogP contribution in [0.1, 0.15) is 21.5 Å². The molecular weight excluding hydrogens is 300 g/mol. The molecule has 0 fully saturated rings. The summed E-state index contributed by atoms with van der Waals surface area (Å²) in [5.41, 5.74) is 2.35. The first-order chi connectivity index (χ1) is 11.1. The number of amides is 1. The van der Waals surface area contributed by atoms with Gasteiger partial charge in [0.25, 0.3) is 11.6 Å². The highest BCUT2D eigenvalue weighted by Crippen LogP contribution is 2.29. The monoisotopic (exact) mass is 314 g/mol. The smallest absolute Gasteiger partial charge is 0.296 e. The molecule has 0 saturated heterocycles. The molecule has 0 atom stereocenters. The minimum absolute atomic E-state index is 0.123. The van der Waals surface area contributed by atoms with E-state index in [1.165, 1.54) is 19.2 Å². The summed E-state index contributed by atoms with van der Waals surface area (Å²) < 4.78 is 10.3. The zero-order valence-electron chi connectivity index (χ0n) is 12.4. The zero-order chi connectivity index (χ0) is 16.4. The lowest BCUT2D eigenvalue weighted by Crippen LogP contribution is -2.13. The van der Waals surface area contributed by atoms with Crippen LogP contribution in [0.15, 0.2) is 36.4 Å². The van der Waals surface area contributed by atoms with Crippen molar-refractivity contribution in [2.24, 2.45) is 0 Å². The van der Waals surface area contributed by atoms with Gasteiger partial charge in [-0.1, -0.05) is 6.07 Å². The van der Waals surface area contributed by atoms with E-state index in [0.717, 1.165) is 11.1 Å². The van der Waals surface area contributed by atoms with Crippen molar-refractivity contribution in [3.8, 4) is 5.75 Å². The van der Waals surface area contributed by atoms with E-state index in [-0.39, 0.29) is 11.4 Å². The van der Waals surface area contributed by atoms with Crippen molar-refractivity contribution in [2.75, 3.05) is 12.4 Å². The van der Waals surface area contributed by atoms with E-state index in [9.17, 15) is 14.9 Å². The Morgan fingerprint density at radius 1 is 1.22 bits per heavy atom. The molecule has 23 heavy (non-hydrogen) atoms. The number of methoxy groups -OCH3 is 1. The number of hydrogen-bond acceptors (Lipinski definition) is 5. The molecule has 1 aliphatic heterocycles. The van der Waals surface area contributed by atoms with E-state index in [1.807, 2.05) is 6.07 Å². The van der Waals surface area contributed by atoms with E-state index in [1.54, 1.807) is 18.2 Å². The first-order valence-electron chi connectivity index (χ1n) is 6.92. The highest BCUT2D eigenvalue weighted by atomic mass is 16.6. The van der Waals surface area contributed by atoms with Crippen LogP contribution in [0.5, 0.6) is 5.75 Å². The molecule has 3 rings (SSSR count). The molecule has 1 heterocycles. The van der Waals surface area contributed by atoms with Crippen molar-refractivity contribution in [2.45, 2.75) is 13.2 Å². The minimum atomic E-state index is -0.561. The fourth-order valence-corrected chi connectivity index (χ4v) is 2.40. The maximum atomic E-state index is 12.3. The number of fused-ring (bicyclic) bond motifs is 1. The van der Waals surface area contributed by atoms with Gasteiger partial charge >= 0.3 is 0 Å². The summed E-state index contributed by atoms with van der Waals surface area (Å²) >= 11 is 0. The molecule has 118 valence electrons. The van der Waals surface area contributed by atoms with E-state index >= 15 is 0 Å². The molecule has 2 aromatic rings. The number of nitro groups is 1. The second-order valence-corrected chi connectivity index (χ2v) is 5.07. The highest BCUT2D eigenvalue weighted by Gasteiger charge is 2.19. The number of nitro benzene ring substituents is 1. The van der Waals surface area contributed by atoms with Gasteiger partial charge in [-0.2, -0.15) is 0 Å². The molecule has 7 heteroatoms. The first-order valence-corrected chi connectivity index (χ1v) is 6.92. The third-order valence-corrected chi connectivity index (χ3v) is 3.63. The zero-order valence-corrected chi connectivity index (χ0v) is 12.4. The van der Waals surface area contributed by atoms with Crippen molar-refractivity contribution in [1.29, 1.82) is 0 Å². The quantitative estimate of drug-likeness (QED) is 0.692. The molecule has 0 aromatic heterocycles. The SMILES string of the molecule is COc1ccc(NC(=O)c2ccc3c(c2)COC3)c([N+](=O)[O-])c1. The molecule has 0 radical (unpaired) electrons. The largest absolute Gasteiger partial charge is 0.496 e. The van der Waals surface area contributed by atoms with E-state index in [2.05, 4.69) is 5.32 Å². The maximum absolute atomic E-state index is 12.3. The van der Waals surface area contributed by atoms with E-state index in [4.69, 9.17) is 9.47 Å². The average molecular weight is 314 g/mol. The van der Waals surface area contributed by atoms with Gasteiger partial charge in [0.1, 0.15) is 11.4 Å². The number of ether oxygens (including phenoxy) is 2. The molecule has 7 nitrogen and oxygen atoms in total. The third-order valence-electron chi connectivity index (χ3n) is 3.63. The number of carbonyl (C=O) groups is 1. The molecule has 0 bridgehead atoms. The lowest BCUT2D eigenvalue weighted by Gasteiger charge is -2.08. The van der Waals surface area contributed by atoms with Gasteiger partial charge in [0.05, 0.1) is 31.3 Å². The standard InChI is InChI=1S/C16H14N2O5/c1-22-13-4-5-14(15(7-13)18(20)21)17-16(19)10-2-3-11-8-23-9-12(11)6-10/h2-7H,8-9H2,1H3,(H,17,19). The Bertz CT molecular complexity index is 788. The number of rotatable bonds is 4. The Morgan fingerprint density at radius 2 is 2.00 bits per heavy atom. The topological polar surface area (TPSA) is 90.7 Å². The fourth-order valence-electron chi connectivity index (χ4n) is 2.40. The molecule has 2 aromatic carbocycles. The van der Waals surface area contributed by atoms with Gasteiger partial charge in [-0.05, 0) is 35.4 Å². The van der Waals surface area contributed by atoms with E-state index in [0.29, 0.717) is 24.5 Å². The van der Waals surface area contributed by atoms with Crippen LogP contribution in [-0.2, 0) is 18.0 Å². The molecule has 1 amide bonds. The van der Waals surface area contributed by atoms with Crippen molar-refractivity contribution >= 4 is 17.3 Å². The second-order valence-electron chi connectivity index (χ2n) is 5.07. The van der Waals surface area contributed by atoms with Gasteiger partial charge in [-0.3, -0.25) is 14.9 Å². The number of benzene rings is 2. The minimum Gasteiger partial charge on any atom is -0.496 e. The predicted octanol–water partition coefficient (Wildman–Crippen LogP) is 2.89. The molecule has 0 aliphatic carbocycles. The van der Waals surface area contributed by atoms with Crippen LogP contribution in [0.4, 0.5) is 11.4 Å². The second kappa shape index (κ2) is 6.05. The van der Waals surface area contributed by atoms with Crippen LogP contribution in [0, 0.1) is 10.1 Å². The van der Waals surface area contributed by atoms with Gasteiger partial charge in [0.2, 0.25) is 0 Å². The summed E-state index contributed by atoms with van der Waals surface area (Å²) in [5, 5.41) is 13.7. The molecule has 0 unspecified atom stereocenters. The van der Waals surface area contributed by atoms with Crippen molar-refractivity contribution in [3.63, 3.8) is 0 Å². The van der Waals surface area contributed by atoms with Crippen molar-refractivity contribution in [3.05, 3.63) is 63.2 Å². The number of hydrogen-bond donors (Lipinski definition) is 1. The molecule has 1 aliphatic rings. The number of anilines is 1. The third kappa shape index (κ3) is 3.00. The molecule has 0 spiro atoms. The summed E-state index contributed by atoms with van der Waals surface area (Å²) in [7, 11) is 1.42. The molecule has 0 saturated carbocycles. The lowest BCUT2D eigenvalue weighted by molar-refractivity contribution is -0.384. The van der Waals surface area contributed by atoms with Gasteiger partial charge in [0.15, 0.2) is 0 Å². The van der Waals surface area contributed by atoms with E-state index < -0.39 is 10.8 Å². The van der Waals surface area contributed by atoms with Crippen molar-refractivity contribution in [1.82, 2.24) is 0 Å². The van der Waals surface area contributed by atoms with Crippen LogP contribution in [0.3, 0.4) is 0 Å². The Labute approximate surface area is 132 Å². The van der Waals surface area contributed by atoms with Crippen molar-refractivity contribution < 1.29 is 19.2 Å². The lowest BCUT2D eigenvalue weighted by atomic mass is 10.1. The predicted molar refractivity (Wildman–Crippen MR) is 82.5 cm³/mol. The van der Waals surface area contributed by atoms with Crippen LogP contribution >= 0.6 is 0 Å². The Kier molecular flexibility index (Phi) is 3.94. The van der Waals surface area contributed by atoms with Gasteiger partial charge < -0.3 is 14.8 Å². The average Bonchev–Trinajstić information content (AvgIpc) is 3.02.